The smallest absolute Gasteiger partial charge is 0.246 e. The van der Waals surface area contributed by atoms with E-state index in [9.17, 15) is 8.42 Å². The van der Waals surface area contributed by atoms with E-state index in [1.807, 2.05) is 20.9 Å². The summed E-state index contributed by atoms with van der Waals surface area (Å²) in [7, 11) is -1.55. The van der Waals surface area contributed by atoms with E-state index in [2.05, 4.69) is 10.4 Å². The van der Waals surface area contributed by atoms with Gasteiger partial charge in [-0.3, -0.25) is 4.68 Å². The van der Waals surface area contributed by atoms with Crippen LogP contribution in [0, 0.1) is 5.92 Å². The van der Waals surface area contributed by atoms with Gasteiger partial charge in [0.25, 0.3) is 0 Å². The summed E-state index contributed by atoms with van der Waals surface area (Å²) < 4.78 is 28.7. The Morgan fingerprint density at radius 3 is 2.75 bits per heavy atom. The van der Waals surface area contributed by atoms with E-state index in [0.29, 0.717) is 23.9 Å². The van der Waals surface area contributed by atoms with Crippen LogP contribution < -0.4 is 5.32 Å². The maximum Gasteiger partial charge on any atom is 0.246 e. The van der Waals surface area contributed by atoms with Gasteiger partial charge in [0.05, 0.1) is 12.7 Å². The number of sulfonamides is 1. The first-order chi connectivity index (χ1) is 9.45. The summed E-state index contributed by atoms with van der Waals surface area (Å²) in [5.41, 5.74) is 0. The normalized spacial score (nSPS) is 16.2. The molecule has 0 unspecified atom stereocenters. The van der Waals surface area contributed by atoms with Gasteiger partial charge in [0.1, 0.15) is 4.90 Å². The number of hydrogen-bond donors (Lipinski definition) is 1. The molecule has 1 aromatic heterocycles. The molecule has 2 rings (SSSR count). The molecule has 1 aromatic rings. The monoisotopic (exact) mass is 300 g/mol. The van der Waals surface area contributed by atoms with E-state index in [4.69, 9.17) is 0 Å². The maximum atomic E-state index is 12.7. The van der Waals surface area contributed by atoms with Gasteiger partial charge in [-0.25, -0.2) is 8.42 Å². The average Bonchev–Trinajstić information content (AvgIpc) is 3.10. The molecular weight excluding hydrogens is 276 g/mol. The lowest BCUT2D eigenvalue weighted by Gasteiger charge is -2.22. The Morgan fingerprint density at radius 2 is 2.20 bits per heavy atom. The van der Waals surface area contributed by atoms with Crippen LogP contribution in [0.2, 0.25) is 0 Å². The zero-order valence-electron chi connectivity index (χ0n) is 12.4. The van der Waals surface area contributed by atoms with Gasteiger partial charge in [-0.1, -0.05) is 13.8 Å². The van der Waals surface area contributed by atoms with Gasteiger partial charge in [0.15, 0.2) is 0 Å². The van der Waals surface area contributed by atoms with Crippen molar-refractivity contribution in [2.75, 3.05) is 20.1 Å². The standard InChI is InChI=1S/C13H24N4O2S/c1-11(2)9-17(12-4-5-12)20(18,19)13-8-15-16(10-13)7-6-14-3/h8,10-12,14H,4-7,9H2,1-3H3. The highest BCUT2D eigenvalue weighted by Gasteiger charge is 2.38. The molecule has 0 aliphatic heterocycles. The zero-order valence-corrected chi connectivity index (χ0v) is 13.2. The molecule has 1 fully saturated rings. The van der Waals surface area contributed by atoms with Crippen molar-refractivity contribution in [3.05, 3.63) is 12.4 Å². The predicted octanol–water partition coefficient (Wildman–Crippen LogP) is 0.912. The molecule has 1 aliphatic carbocycles. The third kappa shape index (κ3) is 3.59. The fourth-order valence-electron chi connectivity index (χ4n) is 2.13. The summed E-state index contributed by atoms with van der Waals surface area (Å²) in [5, 5.41) is 7.15. The van der Waals surface area contributed by atoms with Crippen LogP contribution in [-0.4, -0.2) is 48.7 Å². The molecule has 0 spiro atoms. The molecule has 1 heterocycles. The Labute approximate surface area is 121 Å². The van der Waals surface area contributed by atoms with Crippen molar-refractivity contribution in [3.8, 4) is 0 Å². The van der Waals surface area contributed by atoms with Crippen molar-refractivity contribution in [1.82, 2.24) is 19.4 Å². The summed E-state index contributed by atoms with van der Waals surface area (Å²) in [6, 6.07) is 0.183. The van der Waals surface area contributed by atoms with E-state index >= 15 is 0 Å². The van der Waals surface area contributed by atoms with Crippen molar-refractivity contribution in [2.45, 2.75) is 44.2 Å². The molecule has 0 bridgehead atoms. The molecule has 0 atom stereocenters. The second-order valence-corrected chi connectivity index (χ2v) is 7.63. The van der Waals surface area contributed by atoms with E-state index < -0.39 is 10.0 Å². The third-order valence-electron chi connectivity index (χ3n) is 3.31. The fourth-order valence-corrected chi connectivity index (χ4v) is 3.93. The van der Waals surface area contributed by atoms with E-state index in [1.54, 1.807) is 15.2 Å². The van der Waals surface area contributed by atoms with Crippen LogP contribution in [0.15, 0.2) is 17.3 Å². The highest BCUT2D eigenvalue weighted by molar-refractivity contribution is 7.89. The van der Waals surface area contributed by atoms with Crippen LogP contribution in [-0.2, 0) is 16.6 Å². The molecule has 0 amide bonds. The second-order valence-electron chi connectivity index (χ2n) is 5.74. The highest BCUT2D eigenvalue weighted by atomic mass is 32.2. The quantitative estimate of drug-likeness (QED) is 0.775. The summed E-state index contributed by atoms with van der Waals surface area (Å²) in [4.78, 5) is 0.307. The minimum absolute atomic E-state index is 0.183. The van der Waals surface area contributed by atoms with Crippen LogP contribution in [0.4, 0.5) is 0 Å². The molecule has 1 N–H and O–H groups in total. The van der Waals surface area contributed by atoms with Crippen LogP contribution in [0.25, 0.3) is 0 Å². The molecular formula is C13H24N4O2S. The first-order valence-electron chi connectivity index (χ1n) is 7.14. The molecule has 114 valence electrons. The fraction of sp³-hybridized carbons (Fsp3) is 0.769. The summed E-state index contributed by atoms with van der Waals surface area (Å²) >= 11 is 0. The second kappa shape index (κ2) is 6.24. The van der Waals surface area contributed by atoms with Gasteiger partial charge in [0.2, 0.25) is 10.0 Å². The lowest BCUT2D eigenvalue weighted by molar-refractivity contribution is 0.360. The highest BCUT2D eigenvalue weighted by Crippen LogP contribution is 2.32. The lowest BCUT2D eigenvalue weighted by Crippen LogP contribution is -2.36. The predicted molar refractivity (Wildman–Crippen MR) is 77.9 cm³/mol. The van der Waals surface area contributed by atoms with E-state index in [0.717, 1.165) is 19.4 Å². The first kappa shape index (κ1) is 15.5. The number of likely N-dealkylation sites (N-methyl/N-ethyl adjacent to an activating group) is 1. The molecule has 6 nitrogen and oxygen atoms in total. The van der Waals surface area contributed by atoms with Gasteiger partial charge in [-0.2, -0.15) is 9.40 Å². The molecule has 0 radical (unpaired) electrons. The van der Waals surface area contributed by atoms with Crippen LogP contribution in [0.1, 0.15) is 26.7 Å². The zero-order chi connectivity index (χ0) is 14.8. The summed E-state index contributed by atoms with van der Waals surface area (Å²) in [5.74, 6) is 0.324. The number of aromatic nitrogens is 2. The van der Waals surface area contributed by atoms with Gasteiger partial charge >= 0.3 is 0 Å². The van der Waals surface area contributed by atoms with Gasteiger partial charge in [-0.15, -0.1) is 0 Å². The molecule has 20 heavy (non-hydrogen) atoms. The number of nitrogens with one attached hydrogen (secondary N) is 1. The Bertz CT molecular complexity index is 534. The largest absolute Gasteiger partial charge is 0.318 e. The average molecular weight is 300 g/mol. The SMILES string of the molecule is CNCCn1cc(S(=O)(=O)N(CC(C)C)C2CC2)cn1. The number of rotatable bonds is 8. The molecule has 0 aromatic carbocycles. The minimum Gasteiger partial charge on any atom is -0.318 e. The van der Waals surface area contributed by atoms with Crippen molar-refractivity contribution in [3.63, 3.8) is 0 Å². The van der Waals surface area contributed by atoms with Gasteiger partial charge < -0.3 is 5.32 Å². The van der Waals surface area contributed by atoms with Gasteiger partial charge in [0, 0.05) is 25.3 Å². The summed E-state index contributed by atoms with van der Waals surface area (Å²) in [6.45, 7) is 6.09. The molecule has 1 aliphatic rings. The Balaban J connectivity index is 2.17. The van der Waals surface area contributed by atoms with E-state index in [1.165, 1.54) is 6.20 Å². The maximum absolute atomic E-state index is 12.7. The van der Waals surface area contributed by atoms with Crippen molar-refractivity contribution in [2.24, 2.45) is 5.92 Å². The Hall–Kier alpha value is -0.920. The Morgan fingerprint density at radius 1 is 1.50 bits per heavy atom. The molecule has 7 heteroatoms. The Kier molecular flexibility index (Phi) is 4.82. The van der Waals surface area contributed by atoms with Crippen molar-refractivity contribution >= 4 is 10.0 Å². The third-order valence-corrected chi connectivity index (χ3v) is 5.18. The topological polar surface area (TPSA) is 67.2 Å². The molecule has 1 saturated carbocycles. The van der Waals surface area contributed by atoms with Gasteiger partial charge in [-0.05, 0) is 25.8 Å². The minimum atomic E-state index is -3.41. The van der Waals surface area contributed by atoms with Crippen molar-refractivity contribution in [1.29, 1.82) is 0 Å². The number of hydrogen-bond acceptors (Lipinski definition) is 4. The molecule has 0 saturated heterocycles. The van der Waals surface area contributed by atoms with E-state index in [-0.39, 0.29) is 6.04 Å². The summed E-state index contributed by atoms with van der Waals surface area (Å²) in [6.07, 6.45) is 5.03. The number of nitrogens with zero attached hydrogens (tertiary/aromatic N) is 3. The van der Waals surface area contributed by atoms with Crippen LogP contribution in [0.5, 0.6) is 0 Å². The van der Waals surface area contributed by atoms with Crippen LogP contribution >= 0.6 is 0 Å². The van der Waals surface area contributed by atoms with Crippen molar-refractivity contribution < 1.29 is 8.42 Å². The first-order valence-corrected chi connectivity index (χ1v) is 8.58. The van der Waals surface area contributed by atoms with Crippen LogP contribution in [0.3, 0.4) is 0 Å². The lowest BCUT2D eigenvalue weighted by atomic mass is 10.2.